The molecule has 396 valence electrons. The Labute approximate surface area is 461 Å². The third-order valence-electron chi connectivity index (χ3n) is 13.6. The van der Waals surface area contributed by atoms with Crippen molar-refractivity contribution in [1.82, 2.24) is 45.1 Å². The van der Waals surface area contributed by atoms with Gasteiger partial charge in [-0.2, -0.15) is 0 Å². The number of pyridine rings is 2. The van der Waals surface area contributed by atoms with Crippen molar-refractivity contribution in [3.05, 3.63) is 166 Å². The van der Waals surface area contributed by atoms with Gasteiger partial charge in [0.05, 0.1) is 36.9 Å². The average molecular weight is 1110 g/mol. The van der Waals surface area contributed by atoms with Gasteiger partial charge >= 0.3 is 0 Å². The molecule has 76 heavy (non-hydrogen) atoms. The summed E-state index contributed by atoms with van der Waals surface area (Å²) in [5, 5.41) is 8.64. The van der Waals surface area contributed by atoms with Crippen LogP contribution in [0.15, 0.2) is 24.0 Å². The Morgan fingerprint density at radius 3 is 1.18 bits per heavy atom. The van der Waals surface area contributed by atoms with E-state index in [1.165, 1.54) is 33.8 Å². The van der Waals surface area contributed by atoms with Crippen molar-refractivity contribution in [1.29, 1.82) is 0 Å². The monoisotopic (exact) mass is 1110 g/mol. The van der Waals surface area contributed by atoms with E-state index in [9.17, 15) is 24.0 Å². The van der Waals surface area contributed by atoms with E-state index in [4.69, 9.17) is 0 Å². The molecule has 0 amide bonds. The quantitative estimate of drug-likeness (QED) is 0.139. The van der Waals surface area contributed by atoms with Crippen LogP contribution in [0.25, 0.3) is 51.2 Å². The Morgan fingerprint density at radius 2 is 0.632 bits per heavy atom. The zero-order valence-corrected chi connectivity index (χ0v) is 51.2. The summed E-state index contributed by atoms with van der Waals surface area (Å²) in [6.07, 6.45) is 0. The Kier molecular flexibility index (Phi) is 18.2. The number of nitrogens with zero attached hydrogens (tertiary/aromatic N) is 9. The molecule has 10 aromatic heterocycles. The molecule has 0 aliphatic heterocycles. The lowest BCUT2D eigenvalue weighted by molar-refractivity contribution is 0.955. The number of fused-ring (bicyclic) bond motifs is 5. The number of hydrogen-bond donors (Lipinski definition) is 0. The Balaban J connectivity index is 0.000000154. The predicted octanol–water partition coefficient (Wildman–Crippen LogP) is 12.3. The molecule has 0 spiro atoms. The number of aromatic nitrogens is 9. The molecule has 19 heteroatoms. The first-order chi connectivity index (χ1) is 35.5. The molecule has 0 saturated heterocycles. The van der Waals surface area contributed by atoms with Crippen LogP contribution in [-0.4, -0.2) is 45.1 Å². The molecule has 0 aromatic carbocycles. The maximum Gasteiger partial charge on any atom is 0.211 e. The average Bonchev–Trinajstić information content (AvgIpc) is 3.37. The second kappa shape index (κ2) is 23.5. The van der Waals surface area contributed by atoms with Crippen LogP contribution in [0.1, 0.15) is 115 Å². The fourth-order valence-corrected chi connectivity index (χ4v) is 12.7. The highest BCUT2D eigenvalue weighted by atomic mass is 32.1. The second-order valence-electron chi connectivity index (χ2n) is 18.9. The van der Waals surface area contributed by atoms with Crippen LogP contribution in [0, 0.1) is 145 Å². The molecule has 0 radical (unpaired) electrons. The normalized spacial score (nSPS) is 11.0. The minimum Gasteiger partial charge on any atom is -0.289 e. The van der Waals surface area contributed by atoms with E-state index in [0.29, 0.717) is 38.5 Å². The van der Waals surface area contributed by atoms with Crippen molar-refractivity contribution in [2.75, 3.05) is 0 Å². The van der Waals surface area contributed by atoms with E-state index >= 15 is 0 Å². The molecule has 10 aromatic rings. The van der Waals surface area contributed by atoms with Crippen LogP contribution in [0.4, 0.5) is 0 Å². The largest absolute Gasteiger partial charge is 0.289 e. The third kappa shape index (κ3) is 11.9. The van der Waals surface area contributed by atoms with Crippen molar-refractivity contribution in [2.24, 2.45) is 0 Å². The highest BCUT2D eigenvalue weighted by molar-refractivity contribution is 7.19. The summed E-state index contributed by atoms with van der Waals surface area (Å²) in [6.45, 7) is 40.3. The van der Waals surface area contributed by atoms with E-state index in [0.717, 1.165) is 116 Å². The van der Waals surface area contributed by atoms with Gasteiger partial charge in [-0.1, -0.05) is 0 Å². The van der Waals surface area contributed by atoms with Crippen molar-refractivity contribution in [3.8, 4) is 0 Å². The van der Waals surface area contributed by atoms with Gasteiger partial charge in [-0.25, -0.2) is 29.9 Å². The highest BCUT2D eigenvalue weighted by Gasteiger charge is 2.16. The van der Waals surface area contributed by atoms with Crippen LogP contribution in [0.2, 0.25) is 0 Å². The first-order valence-electron chi connectivity index (χ1n) is 24.3. The topological polar surface area (TPSA) is 201 Å². The SMILES string of the molecule is Cc1nc(C)c2sc(C)c(C)c(=O)c2c1C.Cc1nc(C)c2sc(C)c(C)c(=O)c2n1.Cc1nc2c(=O)c(C)c(C)sc2c(C)c1C.Cc1nc2sc(C)c(C)c(=O)c2nc1C.Cc1nnc2sc(C)c(C)c(=O)c2n1. The maximum atomic E-state index is 12.3. The zero-order chi connectivity index (χ0) is 56.7. The second-order valence-corrected chi connectivity index (χ2v) is 25.0. The van der Waals surface area contributed by atoms with Gasteiger partial charge in [0.15, 0.2) is 15.8 Å². The molecule has 0 aliphatic carbocycles. The molecule has 0 unspecified atom stereocenters. The lowest BCUT2D eigenvalue weighted by Gasteiger charge is -2.09. The van der Waals surface area contributed by atoms with Gasteiger partial charge in [0, 0.05) is 69.0 Å². The van der Waals surface area contributed by atoms with Crippen molar-refractivity contribution in [2.45, 2.75) is 145 Å². The summed E-state index contributed by atoms with van der Waals surface area (Å²) >= 11 is 7.92. The predicted molar refractivity (Wildman–Crippen MR) is 320 cm³/mol. The van der Waals surface area contributed by atoms with Gasteiger partial charge in [-0.05, 0) is 162 Å². The van der Waals surface area contributed by atoms with Crippen LogP contribution in [0.5, 0.6) is 0 Å². The molecule has 10 heterocycles. The molecular weight excluding hydrogens is 1050 g/mol. The van der Waals surface area contributed by atoms with E-state index in [-0.39, 0.29) is 27.1 Å². The zero-order valence-electron chi connectivity index (χ0n) is 47.1. The highest BCUT2D eigenvalue weighted by Crippen LogP contribution is 2.29. The van der Waals surface area contributed by atoms with E-state index in [1.807, 2.05) is 125 Å². The fourth-order valence-electron chi connectivity index (χ4n) is 7.74. The van der Waals surface area contributed by atoms with Crippen LogP contribution in [0.3, 0.4) is 0 Å². The van der Waals surface area contributed by atoms with Crippen molar-refractivity contribution in [3.63, 3.8) is 0 Å². The van der Waals surface area contributed by atoms with Gasteiger partial charge in [0.2, 0.25) is 21.7 Å². The molecule has 0 fully saturated rings. The maximum absolute atomic E-state index is 12.3. The van der Waals surface area contributed by atoms with Gasteiger partial charge < -0.3 is 0 Å². The summed E-state index contributed by atoms with van der Waals surface area (Å²) in [5.74, 6) is 1.19. The van der Waals surface area contributed by atoms with Crippen molar-refractivity contribution < 1.29 is 0 Å². The molecule has 0 aliphatic rings. The van der Waals surface area contributed by atoms with Gasteiger partial charge in [0.25, 0.3) is 0 Å². The molecule has 0 atom stereocenters. The first kappa shape index (κ1) is 58.9. The van der Waals surface area contributed by atoms with Crippen molar-refractivity contribution >= 4 is 108 Å². The minimum atomic E-state index is -0.0331. The molecular formula is C57H63N9O5S5. The molecule has 0 bridgehead atoms. The minimum absolute atomic E-state index is 0.0110. The molecule has 10 rings (SSSR count). The number of hydrogen-bond acceptors (Lipinski definition) is 19. The number of rotatable bonds is 0. The summed E-state index contributed by atoms with van der Waals surface area (Å²) in [4.78, 5) is 96.8. The lowest BCUT2D eigenvalue weighted by Crippen LogP contribution is -2.10. The van der Waals surface area contributed by atoms with Gasteiger partial charge in [0.1, 0.15) is 33.0 Å². The fraction of sp³-hybridized carbons (Fsp3) is 0.368. The van der Waals surface area contributed by atoms with Crippen LogP contribution >= 0.6 is 56.7 Å². The smallest absolute Gasteiger partial charge is 0.211 e. The summed E-state index contributed by atoms with van der Waals surface area (Å²) in [7, 11) is 0. The Bertz CT molecular complexity index is 4320. The van der Waals surface area contributed by atoms with Crippen LogP contribution in [-0.2, 0) is 0 Å². The molecule has 0 saturated carbocycles. The van der Waals surface area contributed by atoms with Crippen LogP contribution < -0.4 is 27.1 Å². The molecule has 0 N–H and O–H groups in total. The molecule has 14 nitrogen and oxygen atoms in total. The number of aryl methyl sites for hydroxylation is 15. The summed E-state index contributed by atoms with van der Waals surface area (Å²) in [6, 6.07) is 0. The first-order valence-corrected chi connectivity index (χ1v) is 28.4. The third-order valence-corrected chi connectivity index (χ3v) is 19.7. The summed E-state index contributed by atoms with van der Waals surface area (Å²) < 4.78 is 2.99. The van der Waals surface area contributed by atoms with Gasteiger partial charge in [-0.3, -0.25) is 29.0 Å². The Hall–Kier alpha value is -6.38. The standard InChI is InChI=1S/2C13H15NOS.2C11H12N2OS.C9H9N3OS/c1-6-8(3)14-9(4)13-11(6)12(15)7(2)10(5)16-13;1-6-7(2)13-11(14-9(6)4)12(15)8(3)10(5)16-13;1-5-8(4)15-11-9(10(5)14)12-6(2)7(3)13-11;1-5-7(3)15-11-6(2)12-8(4)13-9(11)10(5)14;1-4-5(2)14-9-7(8(4)13)10-6(3)11-12-9/h2*1-5H3;2*1-4H3;1-3H3. The van der Waals surface area contributed by atoms with E-state index in [2.05, 4.69) is 58.9 Å². The van der Waals surface area contributed by atoms with Gasteiger partial charge in [-0.15, -0.1) is 66.9 Å². The van der Waals surface area contributed by atoms with E-state index < -0.39 is 0 Å². The van der Waals surface area contributed by atoms with E-state index in [1.54, 1.807) is 40.9 Å². The lowest BCUT2D eigenvalue weighted by atomic mass is 10.1. The summed E-state index contributed by atoms with van der Waals surface area (Å²) in [5.41, 5.74) is 15.3. The Morgan fingerprint density at radius 1 is 0.250 bits per heavy atom.